The van der Waals surface area contributed by atoms with E-state index in [-0.39, 0.29) is 5.56 Å². The molecule has 2 aromatic carbocycles. The van der Waals surface area contributed by atoms with Crippen LogP contribution in [0.4, 0.5) is 5.69 Å². The van der Waals surface area contributed by atoms with Crippen LogP contribution in [-0.4, -0.2) is 11.1 Å². The fourth-order valence-electron chi connectivity index (χ4n) is 2.37. The maximum absolute atomic E-state index is 11.1. The van der Waals surface area contributed by atoms with Gasteiger partial charge in [0, 0.05) is 16.3 Å². The molecule has 0 amide bonds. The van der Waals surface area contributed by atoms with Crippen molar-refractivity contribution in [3.63, 3.8) is 0 Å². The zero-order valence-corrected chi connectivity index (χ0v) is 13.8. The molecule has 1 aromatic heterocycles. The van der Waals surface area contributed by atoms with E-state index in [4.69, 9.17) is 21.1 Å². The van der Waals surface area contributed by atoms with Gasteiger partial charge in [-0.2, -0.15) is 0 Å². The van der Waals surface area contributed by atoms with E-state index in [1.807, 2.05) is 43.3 Å². The minimum Gasteiger partial charge on any atom is -0.478 e. The fraction of sp³-hybridized carbons (Fsp3) is 0.105. The van der Waals surface area contributed by atoms with Gasteiger partial charge in [-0.05, 0) is 61.0 Å². The van der Waals surface area contributed by atoms with E-state index < -0.39 is 5.97 Å². The Balaban J connectivity index is 1.73. The van der Waals surface area contributed by atoms with Crippen molar-refractivity contribution < 1.29 is 14.3 Å². The first-order chi connectivity index (χ1) is 11.5. The second-order valence-corrected chi connectivity index (χ2v) is 5.90. The SMILES string of the molecule is Cc1ccc(C(=O)O)cc1NCc1ccc(-c2ccc(Cl)cc2)o1. The van der Waals surface area contributed by atoms with Gasteiger partial charge in [-0.25, -0.2) is 4.79 Å². The van der Waals surface area contributed by atoms with Gasteiger partial charge in [-0.1, -0.05) is 17.7 Å². The van der Waals surface area contributed by atoms with Crippen LogP contribution in [0.5, 0.6) is 0 Å². The van der Waals surface area contributed by atoms with E-state index in [9.17, 15) is 4.79 Å². The third-order valence-corrected chi connectivity index (χ3v) is 3.98. The minimum atomic E-state index is -0.943. The molecule has 0 fully saturated rings. The number of hydrogen-bond acceptors (Lipinski definition) is 3. The first-order valence-electron chi connectivity index (χ1n) is 7.45. The number of rotatable bonds is 5. The molecule has 0 aliphatic heterocycles. The fourth-order valence-corrected chi connectivity index (χ4v) is 2.50. The number of aryl methyl sites for hydroxylation is 1. The molecule has 24 heavy (non-hydrogen) atoms. The Labute approximate surface area is 144 Å². The van der Waals surface area contributed by atoms with Crippen LogP contribution in [0.15, 0.2) is 59.0 Å². The molecule has 0 unspecified atom stereocenters. The van der Waals surface area contributed by atoms with Gasteiger partial charge >= 0.3 is 5.97 Å². The largest absolute Gasteiger partial charge is 0.478 e. The van der Waals surface area contributed by atoms with Crippen molar-refractivity contribution >= 4 is 23.3 Å². The molecule has 122 valence electrons. The van der Waals surface area contributed by atoms with Crippen molar-refractivity contribution in [3.8, 4) is 11.3 Å². The lowest BCUT2D eigenvalue weighted by atomic mass is 10.1. The Morgan fingerprint density at radius 3 is 2.58 bits per heavy atom. The first kappa shape index (κ1) is 16.1. The summed E-state index contributed by atoms with van der Waals surface area (Å²) in [7, 11) is 0. The Hall–Kier alpha value is -2.72. The van der Waals surface area contributed by atoms with Crippen LogP contribution in [0, 0.1) is 6.92 Å². The van der Waals surface area contributed by atoms with Crippen molar-refractivity contribution in [2.45, 2.75) is 13.5 Å². The molecule has 0 radical (unpaired) electrons. The van der Waals surface area contributed by atoms with Crippen molar-refractivity contribution in [2.24, 2.45) is 0 Å². The molecule has 3 aromatic rings. The summed E-state index contributed by atoms with van der Waals surface area (Å²) >= 11 is 5.89. The molecule has 0 atom stereocenters. The average molecular weight is 342 g/mol. The van der Waals surface area contributed by atoms with Gasteiger partial charge in [0.2, 0.25) is 0 Å². The molecular weight excluding hydrogens is 326 g/mol. The maximum Gasteiger partial charge on any atom is 0.335 e. The third kappa shape index (κ3) is 3.60. The van der Waals surface area contributed by atoms with Crippen LogP contribution in [0.2, 0.25) is 5.02 Å². The molecule has 0 spiro atoms. The maximum atomic E-state index is 11.1. The molecule has 4 nitrogen and oxygen atoms in total. The second-order valence-electron chi connectivity index (χ2n) is 5.46. The first-order valence-corrected chi connectivity index (χ1v) is 7.83. The van der Waals surface area contributed by atoms with Gasteiger partial charge in [0.25, 0.3) is 0 Å². The zero-order chi connectivity index (χ0) is 17.1. The number of benzene rings is 2. The molecule has 0 saturated heterocycles. The summed E-state index contributed by atoms with van der Waals surface area (Å²) < 4.78 is 5.83. The van der Waals surface area contributed by atoms with Crippen LogP contribution in [0.25, 0.3) is 11.3 Å². The standard InChI is InChI=1S/C19H16ClNO3/c1-12-2-3-14(19(22)23)10-17(12)21-11-16-8-9-18(24-16)13-4-6-15(20)7-5-13/h2-10,21H,11H2,1H3,(H,22,23). The summed E-state index contributed by atoms with van der Waals surface area (Å²) in [5, 5.41) is 13.0. The van der Waals surface area contributed by atoms with E-state index >= 15 is 0 Å². The summed E-state index contributed by atoms with van der Waals surface area (Å²) in [4.78, 5) is 11.1. The topological polar surface area (TPSA) is 62.5 Å². The van der Waals surface area contributed by atoms with Crippen LogP contribution < -0.4 is 5.32 Å². The number of nitrogens with one attached hydrogen (secondary N) is 1. The van der Waals surface area contributed by atoms with Gasteiger partial charge in [-0.15, -0.1) is 0 Å². The number of halogens is 1. The Morgan fingerprint density at radius 1 is 1.12 bits per heavy atom. The number of carboxylic acids is 1. The molecule has 0 bridgehead atoms. The van der Waals surface area contributed by atoms with Gasteiger partial charge in [0.1, 0.15) is 11.5 Å². The highest BCUT2D eigenvalue weighted by Gasteiger charge is 2.08. The van der Waals surface area contributed by atoms with Crippen molar-refractivity contribution in [1.29, 1.82) is 0 Å². The third-order valence-electron chi connectivity index (χ3n) is 3.73. The molecule has 5 heteroatoms. The summed E-state index contributed by atoms with van der Waals surface area (Å²) in [5.41, 5.74) is 2.96. The highest BCUT2D eigenvalue weighted by atomic mass is 35.5. The van der Waals surface area contributed by atoms with Crippen molar-refractivity contribution in [2.75, 3.05) is 5.32 Å². The molecule has 2 N–H and O–H groups in total. The number of aromatic carboxylic acids is 1. The van der Waals surface area contributed by atoms with E-state index in [0.29, 0.717) is 11.6 Å². The lowest BCUT2D eigenvalue weighted by molar-refractivity contribution is 0.0697. The predicted molar refractivity (Wildman–Crippen MR) is 94.6 cm³/mol. The van der Waals surface area contributed by atoms with Crippen molar-refractivity contribution in [3.05, 3.63) is 76.5 Å². The van der Waals surface area contributed by atoms with Crippen LogP contribution in [-0.2, 0) is 6.54 Å². The summed E-state index contributed by atoms with van der Waals surface area (Å²) in [5.74, 6) is 0.584. The Kier molecular flexibility index (Phi) is 4.58. The minimum absolute atomic E-state index is 0.254. The van der Waals surface area contributed by atoms with E-state index in [0.717, 1.165) is 28.3 Å². The highest BCUT2D eigenvalue weighted by molar-refractivity contribution is 6.30. The van der Waals surface area contributed by atoms with Crippen LogP contribution in [0.1, 0.15) is 21.7 Å². The van der Waals surface area contributed by atoms with E-state index in [1.165, 1.54) is 0 Å². The van der Waals surface area contributed by atoms with Crippen molar-refractivity contribution in [1.82, 2.24) is 0 Å². The predicted octanol–water partition coefficient (Wildman–Crippen LogP) is 5.22. The quantitative estimate of drug-likeness (QED) is 0.668. The molecule has 0 aliphatic carbocycles. The molecule has 1 heterocycles. The number of hydrogen-bond donors (Lipinski definition) is 2. The summed E-state index contributed by atoms with van der Waals surface area (Å²) in [6.45, 7) is 2.40. The van der Waals surface area contributed by atoms with E-state index in [2.05, 4.69) is 5.32 Å². The lowest BCUT2D eigenvalue weighted by Gasteiger charge is -2.09. The van der Waals surface area contributed by atoms with Gasteiger partial charge in [-0.3, -0.25) is 0 Å². The molecule has 0 aliphatic rings. The molecule has 0 saturated carbocycles. The summed E-state index contributed by atoms with van der Waals surface area (Å²) in [6.07, 6.45) is 0. The molecule has 3 rings (SSSR count). The highest BCUT2D eigenvalue weighted by Crippen LogP contribution is 2.25. The monoisotopic (exact) mass is 341 g/mol. The van der Waals surface area contributed by atoms with Gasteiger partial charge in [0.15, 0.2) is 0 Å². The number of carbonyl (C=O) groups is 1. The zero-order valence-electron chi connectivity index (χ0n) is 13.0. The van der Waals surface area contributed by atoms with Crippen LogP contribution >= 0.6 is 11.6 Å². The normalized spacial score (nSPS) is 10.6. The second kappa shape index (κ2) is 6.81. The van der Waals surface area contributed by atoms with Gasteiger partial charge in [0.05, 0.1) is 12.1 Å². The van der Waals surface area contributed by atoms with Crippen LogP contribution in [0.3, 0.4) is 0 Å². The Morgan fingerprint density at radius 2 is 1.88 bits per heavy atom. The Bertz CT molecular complexity index is 869. The number of anilines is 1. The number of furan rings is 1. The summed E-state index contributed by atoms with van der Waals surface area (Å²) in [6, 6.07) is 16.2. The smallest absolute Gasteiger partial charge is 0.335 e. The lowest BCUT2D eigenvalue weighted by Crippen LogP contribution is -2.03. The van der Waals surface area contributed by atoms with Gasteiger partial charge < -0.3 is 14.8 Å². The molecular formula is C19H16ClNO3. The average Bonchev–Trinajstić information content (AvgIpc) is 3.03. The van der Waals surface area contributed by atoms with E-state index in [1.54, 1.807) is 18.2 Å². The number of carboxylic acid groups (broad SMARTS) is 1.